The summed E-state index contributed by atoms with van der Waals surface area (Å²) in [5.41, 5.74) is 3.12. The lowest BCUT2D eigenvalue weighted by molar-refractivity contribution is 0.102. The normalized spacial score (nSPS) is 14.1. The molecule has 0 radical (unpaired) electrons. The van der Waals surface area contributed by atoms with E-state index < -0.39 is 11.7 Å². The Morgan fingerprint density at radius 1 is 1.14 bits per heavy atom. The Morgan fingerprint density at radius 2 is 1.93 bits per heavy atom. The smallest absolute Gasteiger partial charge is 0.256 e. The van der Waals surface area contributed by atoms with Crippen molar-refractivity contribution in [1.29, 1.82) is 0 Å². The highest BCUT2D eigenvalue weighted by Crippen LogP contribution is 2.20. The van der Waals surface area contributed by atoms with Gasteiger partial charge in [-0.15, -0.1) is 0 Å². The number of rotatable bonds is 4. The number of benzene rings is 1. The topological polar surface area (TPSA) is 72.3 Å². The van der Waals surface area contributed by atoms with Gasteiger partial charge in [0.2, 0.25) is 0 Å². The molecule has 1 amide bonds. The van der Waals surface area contributed by atoms with Crippen molar-refractivity contribution in [3.05, 3.63) is 65.4 Å². The third-order valence-corrected chi connectivity index (χ3v) is 4.81. The van der Waals surface area contributed by atoms with Crippen molar-refractivity contribution in [1.82, 2.24) is 14.8 Å². The molecule has 3 heterocycles. The lowest BCUT2D eigenvalue weighted by Gasteiger charge is -2.28. The molecule has 0 saturated carbocycles. The van der Waals surface area contributed by atoms with Crippen LogP contribution in [0.15, 0.2) is 42.6 Å². The molecule has 0 bridgehead atoms. The van der Waals surface area contributed by atoms with E-state index >= 15 is 0 Å². The third kappa shape index (κ3) is 4.12. The van der Waals surface area contributed by atoms with Crippen LogP contribution in [0.25, 0.3) is 5.69 Å². The number of carbonyl (C=O) groups excluding carboxylic acids is 1. The molecule has 1 aliphatic rings. The SMILES string of the molecule is Cc1cc(C)n(-c2ccc(C(=O)Nc3ccc(N4CCOCC4)cn3)cc2F)n1. The largest absolute Gasteiger partial charge is 0.378 e. The van der Waals surface area contributed by atoms with Crippen LogP contribution in [0.4, 0.5) is 15.9 Å². The van der Waals surface area contributed by atoms with Crippen LogP contribution >= 0.6 is 0 Å². The van der Waals surface area contributed by atoms with E-state index in [9.17, 15) is 9.18 Å². The molecule has 1 N–H and O–H groups in total. The van der Waals surface area contributed by atoms with Crippen LogP contribution in [0, 0.1) is 19.7 Å². The van der Waals surface area contributed by atoms with Gasteiger partial charge in [0.15, 0.2) is 0 Å². The summed E-state index contributed by atoms with van der Waals surface area (Å²) in [6.45, 7) is 6.71. The van der Waals surface area contributed by atoms with E-state index in [1.54, 1.807) is 24.4 Å². The number of morpholine rings is 1. The quantitative estimate of drug-likeness (QED) is 0.735. The second-order valence-electron chi connectivity index (χ2n) is 6.96. The summed E-state index contributed by atoms with van der Waals surface area (Å²) in [7, 11) is 0. The summed E-state index contributed by atoms with van der Waals surface area (Å²) in [6, 6.07) is 9.85. The van der Waals surface area contributed by atoms with Crippen molar-refractivity contribution in [2.24, 2.45) is 0 Å². The van der Waals surface area contributed by atoms with Gasteiger partial charge >= 0.3 is 0 Å². The molecule has 150 valence electrons. The maximum absolute atomic E-state index is 14.6. The molecule has 1 aliphatic heterocycles. The summed E-state index contributed by atoms with van der Waals surface area (Å²) < 4.78 is 21.5. The number of aromatic nitrogens is 3. The first kappa shape index (κ1) is 19.1. The molecule has 3 aromatic rings. The van der Waals surface area contributed by atoms with Gasteiger partial charge in [0.1, 0.15) is 17.3 Å². The number of amides is 1. The van der Waals surface area contributed by atoms with E-state index in [2.05, 4.69) is 20.3 Å². The average Bonchev–Trinajstić information content (AvgIpc) is 3.07. The van der Waals surface area contributed by atoms with E-state index in [0.29, 0.717) is 24.7 Å². The van der Waals surface area contributed by atoms with E-state index in [1.165, 1.54) is 10.7 Å². The fourth-order valence-corrected chi connectivity index (χ4v) is 3.35. The number of ether oxygens (including phenoxy) is 1. The number of nitrogens with one attached hydrogen (secondary N) is 1. The highest BCUT2D eigenvalue weighted by molar-refractivity contribution is 6.03. The molecular weight excluding hydrogens is 373 g/mol. The van der Waals surface area contributed by atoms with Gasteiger partial charge in [-0.3, -0.25) is 4.79 Å². The van der Waals surface area contributed by atoms with Gasteiger partial charge in [-0.1, -0.05) is 0 Å². The predicted octanol–water partition coefficient (Wildman–Crippen LogP) is 3.11. The highest BCUT2D eigenvalue weighted by Gasteiger charge is 2.15. The van der Waals surface area contributed by atoms with E-state index in [-0.39, 0.29) is 5.56 Å². The van der Waals surface area contributed by atoms with Crippen LogP contribution < -0.4 is 10.2 Å². The number of pyridine rings is 1. The highest BCUT2D eigenvalue weighted by atomic mass is 19.1. The molecule has 1 fully saturated rings. The van der Waals surface area contributed by atoms with Gasteiger partial charge in [-0.05, 0) is 50.2 Å². The zero-order valence-corrected chi connectivity index (χ0v) is 16.4. The third-order valence-electron chi connectivity index (χ3n) is 4.81. The molecule has 7 nitrogen and oxygen atoms in total. The minimum Gasteiger partial charge on any atom is -0.378 e. The summed E-state index contributed by atoms with van der Waals surface area (Å²) >= 11 is 0. The van der Waals surface area contributed by atoms with Gasteiger partial charge in [0, 0.05) is 24.3 Å². The van der Waals surface area contributed by atoms with Crippen molar-refractivity contribution in [3.8, 4) is 5.69 Å². The predicted molar refractivity (Wildman–Crippen MR) is 108 cm³/mol. The Labute approximate surface area is 168 Å². The molecule has 0 aliphatic carbocycles. The molecule has 0 spiro atoms. The van der Waals surface area contributed by atoms with Gasteiger partial charge in [0.25, 0.3) is 5.91 Å². The number of nitrogens with zero attached hydrogens (tertiary/aromatic N) is 4. The first-order valence-electron chi connectivity index (χ1n) is 9.44. The summed E-state index contributed by atoms with van der Waals surface area (Å²) in [6.07, 6.45) is 1.72. The lowest BCUT2D eigenvalue weighted by atomic mass is 10.2. The summed E-state index contributed by atoms with van der Waals surface area (Å²) in [5, 5.41) is 6.99. The van der Waals surface area contributed by atoms with Crippen LogP contribution in [0.3, 0.4) is 0 Å². The van der Waals surface area contributed by atoms with Crippen molar-refractivity contribution in [2.45, 2.75) is 13.8 Å². The lowest BCUT2D eigenvalue weighted by Crippen LogP contribution is -2.36. The van der Waals surface area contributed by atoms with Gasteiger partial charge in [0.05, 0.1) is 30.8 Å². The molecule has 29 heavy (non-hydrogen) atoms. The van der Waals surface area contributed by atoms with Crippen LogP contribution in [-0.4, -0.2) is 47.0 Å². The Hall–Kier alpha value is -3.26. The van der Waals surface area contributed by atoms with Crippen LogP contribution in [0.5, 0.6) is 0 Å². The Bertz CT molecular complexity index is 1030. The second kappa shape index (κ2) is 8.00. The zero-order chi connectivity index (χ0) is 20.4. The fourth-order valence-electron chi connectivity index (χ4n) is 3.35. The van der Waals surface area contributed by atoms with E-state index in [4.69, 9.17) is 4.74 Å². The second-order valence-corrected chi connectivity index (χ2v) is 6.96. The zero-order valence-electron chi connectivity index (χ0n) is 16.4. The first-order chi connectivity index (χ1) is 14.0. The summed E-state index contributed by atoms with van der Waals surface area (Å²) in [5.74, 6) is -0.523. The van der Waals surface area contributed by atoms with Crippen molar-refractivity contribution in [2.75, 3.05) is 36.5 Å². The maximum Gasteiger partial charge on any atom is 0.256 e. The van der Waals surface area contributed by atoms with Crippen LogP contribution in [0.1, 0.15) is 21.7 Å². The number of halogens is 1. The Morgan fingerprint density at radius 3 is 2.55 bits per heavy atom. The molecule has 0 atom stereocenters. The van der Waals surface area contributed by atoms with E-state index in [0.717, 1.165) is 30.2 Å². The number of hydrogen-bond donors (Lipinski definition) is 1. The van der Waals surface area contributed by atoms with Crippen LogP contribution in [0.2, 0.25) is 0 Å². The maximum atomic E-state index is 14.6. The summed E-state index contributed by atoms with van der Waals surface area (Å²) in [4.78, 5) is 19.0. The van der Waals surface area contributed by atoms with Gasteiger partial charge in [-0.25, -0.2) is 14.1 Å². The van der Waals surface area contributed by atoms with Crippen LogP contribution in [-0.2, 0) is 4.74 Å². The average molecular weight is 395 g/mol. The van der Waals surface area contributed by atoms with E-state index in [1.807, 2.05) is 26.0 Å². The number of aryl methyl sites for hydroxylation is 2. The van der Waals surface area contributed by atoms with Crippen molar-refractivity contribution >= 4 is 17.4 Å². The van der Waals surface area contributed by atoms with Crippen molar-refractivity contribution < 1.29 is 13.9 Å². The Balaban J connectivity index is 1.47. The fraction of sp³-hybridized carbons (Fsp3) is 0.286. The van der Waals surface area contributed by atoms with Gasteiger partial charge in [-0.2, -0.15) is 5.10 Å². The van der Waals surface area contributed by atoms with Gasteiger partial charge < -0.3 is 15.0 Å². The molecular formula is C21H22FN5O2. The molecule has 2 aromatic heterocycles. The standard InChI is InChI=1S/C21H22FN5O2/c1-14-11-15(2)27(25-14)19-5-3-16(12-18(19)22)21(28)24-20-6-4-17(13-23-20)26-7-9-29-10-8-26/h3-6,11-13H,7-10H2,1-2H3,(H,23,24,28). The molecule has 0 unspecified atom stereocenters. The van der Waals surface area contributed by atoms with Crippen molar-refractivity contribution in [3.63, 3.8) is 0 Å². The number of anilines is 2. The minimum absolute atomic E-state index is 0.215. The molecule has 8 heteroatoms. The molecule has 4 rings (SSSR count). The number of carbonyl (C=O) groups is 1. The Kier molecular flexibility index (Phi) is 5.26. The minimum atomic E-state index is -0.514. The molecule has 1 aromatic carbocycles. The monoisotopic (exact) mass is 395 g/mol. The first-order valence-corrected chi connectivity index (χ1v) is 9.44. The number of hydrogen-bond acceptors (Lipinski definition) is 5. The molecule has 1 saturated heterocycles.